The number of sulfone groups is 1. The number of Topliss-reactive ketones (excluding diaryl/α,β-unsaturated/α-hetero) is 1. The number of ether oxygens (including phenoxy) is 2. The van der Waals surface area contributed by atoms with Gasteiger partial charge in [0.1, 0.15) is 23.1 Å². The maximum atomic E-state index is 14.3. The number of rotatable bonds is 9. The van der Waals surface area contributed by atoms with Crippen molar-refractivity contribution in [3.63, 3.8) is 0 Å². The molecule has 10 heteroatoms. The standard InChI is InChI=1S/C27H26FN3O5S/c1-5-35-21-13-19(12-20(28)14-21)23-7-6-22(24(32)15-37(33,34)25-8-9-29-31-25)27(30-23)36-26-17(3)10-16(2)11-18(26)4/h6-14H,5,15H2,1-4H3,(H,29,31). The molecule has 8 nitrogen and oxygen atoms in total. The lowest BCUT2D eigenvalue weighted by molar-refractivity contribution is 0.101. The Labute approximate surface area is 214 Å². The maximum absolute atomic E-state index is 14.3. The van der Waals surface area contributed by atoms with Gasteiger partial charge >= 0.3 is 0 Å². The summed E-state index contributed by atoms with van der Waals surface area (Å²) in [6.07, 6.45) is 1.29. The first kappa shape index (κ1) is 26.0. The van der Waals surface area contributed by atoms with Crippen molar-refractivity contribution in [1.29, 1.82) is 0 Å². The average Bonchev–Trinajstić information content (AvgIpc) is 3.37. The quantitative estimate of drug-likeness (QED) is 0.293. The van der Waals surface area contributed by atoms with E-state index in [9.17, 15) is 17.6 Å². The van der Waals surface area contributed by atoms with E-state index in [0.29, 0.717) is 29.4 Å². The summed E-state index contributed by atoms with van der Waals surface area (Å²) >= 11 is 0. The highest BCUT2D eigenvalue weighted by Crippen LogP contribution is 2.34. The van der Waals surface area contributed by atoms with Crippen molar-refractivity contribution in [3.05, 3.63) is 82.8 Å². The molecule has 0 spiro atoms. The molecule has 2 aromatic heterocycles. The zero-order valence-electron chi connectivity index (χ0n) is 20.8. The summed E-state index contributed by atoms with van der Waals surface area (Å²) in [7, 11) is -3.97. The van der Waals surface area contributed by atoms with Crippen LogP contribution in [0.5, 0.6) is 17.4 Å². The molecule has 0 saturated carbocycles. The number of halogens is 1. The van der Waals surface area contributed by atoms with Crippen LogP contribution in [-0.4, -0.2) is 41.7 Å². The number of aromatic amines is 1. The van der Waals surface area contributed by atoms with Crippen molar-refractivity contribution in [2.45, 2.75) is 32.7 Å². The highest BCUT2D eigenvalue weighted by atomic mass is 32.2. The number of H-pyrrole nitrogens is 1. The number of ketones is 1. The lowest BCUT2D eigenvalue weighted by Crippen LogP contribution is -2.18. The van der Waals surface area contributed by atoms with E-state index in [1.165, 1.54) is 36.5 Å². The summed E-state index contributed by atoms with van der Waals surface area (Å²) in [6.45, 7) is 7.83. The Bertz CT molecular complexity index is 1540. The van der Waals surface area contributed by atoms with E-state index in [2.05, 4.69) is 15.2 Å². The van der Waals surface area contributed by atoms with E-state index < -0.39 is 27.2 Å². The van der Waals surface area contributed by atoms with Gasteiger partial charge in [0.2, 0.25) is 15.7 Å². The van der Waals surface area contributed by atoms with Crippen molar-refractivity contribution >= 4 is 15.6 Å². The molecule has 0 atom stereocenters. The first-order valence-corrected chi connectivity index (χ1v) is 13.2. The van der Waals surface area contributed by atoms with Gasteiger partial charge in [0.15, 0.2) is 10.8 Å². The lowest BCUT2D eigenvalue weighted by Gasteiger charge is -2.16. The zero-order valence-corrected chi connectivity index (χ0v) is 21.6. The Morgan fingerprint density at radius 2 is 1.76 bits per heavy atom. The highest BCUT2D eigenvalue weighted by molar-refractivity contribution is 7.92. The number of carbonyl (C=O) groups excluding carboxylic acids is 1. The van der Waals surface area contributed by atoms with Crippen LogP contribution in [0.1, 0.15) is 34.0 Å². The molecular formula is C27H26FN3O5S. The third-order valence-corrected chi connectivity index (χ3v) is 7.11. The summed E-state index contributed by atoms with van der Waals surface area (Å²) < 4.78 is 51.3. The molecule has 0 amide bonds. The van der Waals surface area contributed by atoms with Gasteiger partial charge in [0, 0.05) is 11.6 Å². The van der Waals surface area contributed by atoms with Gasteiger partial charge in [-0.25, -0.2) is 17.8 Å². The Morgan fingerprint density at radius 1 is 1.03 bits per heavy atom. The molecule has 2 aromatic carbocycles. The van der Waals surface area contributed by atoms with Gasteiger partial charge in [-0.2, -0.15) is 5.10 Å². The van der Waals surface area contributed by atoms with Gasteiger partial charge in [-0.1, -0.05) is 17.7 Å². The van der Waals surface area contributed by atoms with Gasteiger partial charge in [0.05, 0.1) is 24.1 Å². The number of aryl methyl sites for hydroxylation is 3. The summed E-state index contributed by atoms with van der Waals surface area (Å²) in [4.78, 5) is 17.7. The first-order valence-electron chi connectivity index (χ1n) is 11.5. The minimum Gasteiger partial charge on any atom is -0.494 e. The number of nitrogens with zero attached hydrogens (tertiary/aromatic N) is 2. The van der Waals surface area contributed by atoms with Crippen molar-refractivity contribution in [2.24, 2.45) is 0 Å². The number of benzene rings is 2. The second kappa shape index (κ2) is 10.5. The largest absolute Gasteiger partial charge is 0.494 e. The monoisotopic (exact) mass is 523 g/mol. The smallest absolute Gasteiger partial charge is 0.230 e. The summed E-state index contributed by atoms with van der Waals surface area (Å²) in [5, 5.41) is 5.86. The van der Waals surface area contributed by atoms with Gasteiger partial charge in [-0.15, -0.1) is 0 Å². The predicted molar refractivity (Wildman–Crippen MR) is 136 cm³/mol. The molecule has 0 radical (unpaired) electrons. The molecule has 4 rings (SSSR count). The van der Waals surface area contributed by atoms with E-state index in [-0.39, 0.29) is 16.5 Å². The Morgan fingerprint density at radius 3 is 2.41 bits per heavy atom. The molecule has 1 N–H and O–H groups in total. The number of nitrogens with one attached hydrogen (secondary N) is 1. The van der Waals surface area contributed by atoms with Gasteiger partial charge < -0.3 is 9.47 Å². The molecule has 0 fully saturated rings. The molecule has 0 unspecified atom stereocenters. The lowest BCUT2D eigenvalue weighted by atomic mass is 10.1. The van der Waals surface area contributed by atoms with E-state index in [1.807, 2.05) is 32.9 Å². The van der Waals surface area contributed by atoms with E-state index >= 15 is 0 Å². The molecular weight excluding hydrogens is 497 g/mol. The minimum atomic E-state index is -3.97. The van der Waals surface area contributed by atoms with Gasteiger partial charge in [-0.3, -0.25) is 9.89 Å². The van der Waals surface area contributed by atoms with E-state index in [4.69, 9.17) is 9.47 Å². The van der Waals surface area contributed by atoms with Gasteiger partial charge in [-0.05, 0) is 69.2 Å². The molecule has 0 aliphatic heterocycles. The topological polar surface area (TPSA) is 111 Å². The molecule has 2 heterocycles. The van der Waals surface area contributed by atoms with Crippen molar-refractivity contribution in [3.8, 4) is 28.6 Å². The van der Waals surface area contributed by atoms with Crippen LogP contribution >= 0.6 is 0 Å². The van der Waals surface area contributed by atoms with E-state index in [0.717, 1.165) is 16.7 Å². The average molecular weight is 524 g/mol. The van der Waals surface area contributed by atoms with Crippen LogP contribution in [0.2, 0.25) is 0 Å². The number of carbonyl (C=O) groups is 1. The molecule has 0 bridgehead atoms. The number of pyridine rings is 1. The zero-order chi connectivity index (χ0) is 26.7. The van der Waals surface area contributed by atoms with Crippen molar-refractivity contribution in [2.75, 3.05) is 12.4 Å². The summed E-state index contributed by atoms with van der Waals surface area (Å²) in [5.41, 5.74) is 3.39. The Kier molecular flexibility index (Phi) is 7.40. The Balaban J connectivity index is 1.80. The SMILES string of the molecule is CCOc1cc(F)cc(-c2ccc(C(=O)CS(=O)(=O)c3ccn[nH]3)c(Oc3c(C)cc(C)cc3C)n2)c1. The second-order valence-electron chi connectivity index (χ2n) is 8.59. The van der Waals surface area contributed by atoms with Crippen LogP contribution in [0, 0.1) is 26.6 Å². The number of hydrogen-bond donors (Lipinski definition) is 1. The molecule has 0 aliphatic carbocycles. The van der Waals surface area contributed by atoms with Crippen LogP contribution in [0.15, 0.2) is 59.8 Å². The fourth-order valence-corrected chi connectivity index (χ4v) is 5.14. The van der Waals surface area contributed by atoms with Crippen molar-refractivity contribution in [1.82, 2.24) is 15.2 Å². The van der Waals surface area contributed by atoms with E-state index in [1.54, 1.807) is 13.0 Å². The van der Waals surface area contributed by atoms with Crippen LogP contribution in [-0.2, 0) is 9.84 Å². The fourth-order valence-electron chi connectivity index (χ4n) is 4.02. The molecule has 4 aromatic rings. The Hall–Kier alpha value is -4.05. The second-order valence-corrected chi connectivity index (χ2v) is 10.5. The molecule has 0 aliphatic rings. The van der Waals surface area contributed by atoms with Crippen LogP contribution < -0.4 is 9.47 Å². The third kappa shape index (κ3) is 5.86. The van der Waals surface area contributed by atoms with Crippen LogP contribution in [0.4, 0.5) is 4.39 Å². The van der Waals surface area contributed by atoms with Crippen molar-refractivity contribution < 1.29 is 27.1 Å². The third-order valence-electron chi connectivity index (χ3n) is 5.57. The molecule has 37 heavy (non-hydrogen) atoms. The number of hydrogen-bond acceptors (Lipinski definition) is 7. The van der Waals surface area contributed by atoms with Gasteiger partial charge in [0.25, 0.3) is 0 Å². The van der Waals surface area contributed by atoms with Crippen LogP contribution in [0.3, 0.4) is 0 Å². The maximum Gasteiger partial charge on any atom is 0.230 e. The fraction of sp³-hybridized carbons (Fsp3) is 0.222. The minimum absolute atomic E-state index is 0.0207. The van der Waals surface area contributed by atoms with Crippen LogP contribution in [0.25, 0.3) is 11.3 Å². The molecule has 192 valence electrons. The number of aromatic nitrogens is 3. The normalized spacial score (nSPS) is 11.4. The summed E-state index contributed by atoms with van der Waals surface area (Å²) in [5.74, 6) is -1.29. The molecule has 0 saturated heterocycles. The summed E-state index contributed by atoms with van der Waals surface area (Å²) in [6, 6.07) is 12.3. The first-order chi connectivity index (χ1) is 17.6. The predicted octanol–water partition coefficient (Wildman–Crippen LogP) is 5.38. The highest BCUT2D eigenvalue weighted by Gasteiger charge is 2.26.